The number of hydrogen-bond acceptors (Lipinski definition) is 3. The third-order valence-electron chi connectivity index (χ3n) is 3.41. The fourth-order valence-corrected chi connectivity index (χ4v) is 2.06. The predicted molar refractivity (Wildman–Crippen MR) is 54.5 cm³/mol. The molecular weight excluding hydrogens is 162 g/mol. The zero-order valence-electron chi connectivity index (χ0n) is 9.57. The Balaban J connectivity index is 2.93. The topological polar surface area (TPSA) is 28.0 Å². The lowest BCUT2D eigenvalue weighted by Gasteiger charge is -2.39. The summed E-state index contributed by atoms with van der Waals surface area (Å²) in [5, 5.41) is 10.5. The van der Waals surface area contributed by atoms with Crippen LogP contribution in [0.5, 0.6) is 0 Å². The molecule has 0 aromatic heterocycles. The second-order valence-corrected chi connectivity index (χ2v) is 4.80. The minimum absolute atomic E-state index is 0.0914. The predicted octanol–water partition coefficient (Wildman–Crippen LogP) is 2.74. The van der Waals surface area contributed by atoms with Crippen LogP contribution in [-0.4, -0.2) is 23.6 Å². The molecule has 0 aromatic rings. The van der Waals surface area contributed by atoms with E-state index in [0.717, 1.165) is 0 Å². The number of hydrogen-bond donors (Lipinski definition) is 0. The van der Waals surface area contributed by atoms with E-state index in [1.165, 1.54) is 0 Å². The molecule has 0 fully saturated rings. The molecule has 13 heavy (non-hydrogen) atoms. The second-order valence-electron chi connectivity index (χ2n) is 4.80. The normalized spacial score (nSPS) is 33.8. The molecule has 0 saturated carbocycles. The van der Waals surface area contributed by atoms with Crippen molar-refractivity contribution < 1.29 is 0 Å². The lowest BCUT2D eigenvalue weighted by molar-refractivity contribution is 0.0861. The van der Waals surface area contributed by atoms with Gasteiger partial charge >= 0.3 is 0 Å². The first kappa shape index (κ1) is 10.5. The Morgan fingerprint density at radius 3 is 2.08 bits per heavy atom. The average molecular weight is 183 g/mol. The van der Waals surface area contributed by atoms with E-state index in [2.05, 4.69) is 45.0 Å². The van der Waals surface area contributed by atoms with Gasteiger partial charge < -0.3 is 0 Å². The summed E-state index contributed by atoms with van der Waals surface area (Å²) < 4.78 is 0. The number of nitrogens with zero attached hydrogens (tertiary/aromatic N) is 3. The molecule has 2 atom stereocenters. The van der Waals surface area contributed by atoms with Crippen LogP contribution < -0.4 is 0 Å². The van der Waals surface area contributed by atoms with Crippen molar-refractivity contribution in [1.29, 1.82) is 0 Å². The van der Waals surface area contributed by atoms with Crippen molar-refractivity contribution in [3.05, 3.63) is 0 Å². The van der Waals surface area contributed by atoms with Crippen LogP contribution in [0.25, 0.3) is 0 Å². The Morgan fingerprint density at radius 1 is 1.23 bits per heavy atom. The minimum atomic E-state index is 0.0914. The summed E-state index contributed by atoms with van der Waals surface area (Å²) in [6.07, 6.45) is 0. The maximum Gasteiger partial charge on any atom is 0.1000 e. The first-order chi connectivity index (χ1) is 5.90. The highest BCUT2D eigenvalue weighted by Gasteiger charge is 2.46. The lowest BCUT2D eigenvalue weighted by atomic mass is 9.77. The summed E-state index contributed by atoms with van der Waals surface area (Å²) in [6, 6.07) is 0.331. The van der Waals surface area contributed by atoms with Gasteiger partial charge in [-0.25, -0.2) is 0 Å². The van der Waals surface area contributed by atoms with E-state index >= 15 is 0 Å². The first-order valence-corrected chi connectivity index (χ1v) is 5.05. The molecule has 0 bridgehead atoms. The molecule has 1 heterocycles. The quantitative estimate of drug-likeness (QED) is 0.647. The highest BCUT2D eigenvalue weighted by molar-refractivity contribution is 5.01. The Bertz CT molecular complexity index is 210. The average Bonchev–Trinajstić information content (AvgIpc) is 2.30. The van der Waals surface area contributed by atoms with Crippen molar-refractivity contribution in [3.63, 3.8) is 0 Å². The molecule has 0 spiro atoms. The van der Waals surface area contributed by atoms with Gasteiger partial charge in [0, 0.05) is 7.05 Å². The van der Waals surface area contributed by atoms with Gasteiger partial charge in [-0.05, 0) is 18.8 Å². The van der Waals surface area contributed by atoms with Crippen LogP contribution in [0.2, 0.25) is 0 Å². The van der Waals surface area contributed by atoms with Crippen LogP contribution in [0.15, 0.2) is 10.3 Å². The van der Waals surface area contributed by atoms with Crippen LogP contribution in [-0.2, 0) is 0 Å². The lowest BCUT2D eigenvalue weighted by Crippen LogP contribution is -2.51. The Labute approximate surface area is 81.2 Å². The number of rotatable bonds is 2. The summed E-state index contributed by atoms with van der Waals surface area (Å²) in [5.41, 5.74) is 0.0914. The Kier molecular flexibility index (Phi) is 2.64. The van der Waals surface area contributed by atoms with Gasteiger partial charge in [0.15, 0.2) is 0 Å². The maximum absolute atomic E-state index is 4.34. The van der Waals surface area contributed by atoms with Gasteiger partial charge in [-0.1, -0.05) is 32.9 Å². The van der Waals surface area contributed by atoms with E-state index < -0.39 is 0 Å². The van der Waals surface area contributed by atoms with Gasteiger partial charge in [0.25, 0.3) is 0 Å². The van der Waals surface area contributed by atoms with Crippen LogP contribution in [0.1, 0.15) is 34.6 Å². The molecule has 3 nitrogen and oxygen atoms in total. The fraction of sp³-hybridized carbons (Fsp3) is 1.00. The molecule has 76 valence electrons. The van der Waals surface area contributed by atoms with Crippen LogP contribution in [0.4, 0.5) is 0 Å². The molecule has 0 aromatic carbocycles. The van der Waals surface area contributed by atoms with E-state index in [4.69, 9.17) is 0 Å². The molecule has 1 aliphatic heterocycles. The summed E-state index contributed by atoms with van der Waals surface area (Å²) in [4.78, 5) is 0. The molecule has 0 saturated heterocycles. The van der Waals surface area contributed by atoms with Crippen molar-refractivity contribution >= 4 is 0 Å². The van der Waals surface area contributed by atoms with Crippen molar-refractivity contribution in [3.8, 4) is 0 Å². The van der Waals surface area contributed by atoms with E-state index in [1.807, 2.05) is 12.1 Å². The van der Waals surface area contributed by atoms with Crippen molar-refractivity contribution in [2.75, 3.05) is 7.05 Å². The first-order valence-electron chi connectivity index (χ1n) is 5.05. The molecule has 1 unspecified atom stereocenters. The molecule has 0 aliphatic carbocycles. The summed E-state index contributed by atoms with van der Waals surface area (Å²) >= 11 is 0. The molecule has 0 amide bonds. The smallest absolute Gasteiger partial charge is 0.1000 e. The third kappa shape index (κ3) is 1.45. The van der Waals surface area contributed by atoms with Gasteiger partial charge in [-0.2, -0.15) is 5.11 Å². The fourth-order valence-electron chi connectivity index (χ4n) is 2.06. The monoisotopic (exact) mass is 183 g/mol. The van der Waals surface area contributed by atoms with Crippen molar-refractivity contribution in [2.45, 2.75) is 46.2 Å². The summed E-state index contributed by atoms with van der Waals surface area (Å²) in [6.45, 7) is 11.2. The molecule has 1 rings (SSSR count). The Hall–Kier alpha value is -0.600. The SMILES string of the molecule is CC(C)C1N=NN(C)[C@@]1(C)C(C)C. The molecule has 0 radical (unpaired) electrons. The largest absolute Gasteiger partial charge is 0.274 e. The zero-order valence-corrected chi connectivity index (χ0v) is 9.57. The van der Waals surface area contributed by atoms with E-state index in [1.54, 1.807) is 0 Å². The van der Waals surface area contributed by atoms with Crippen LogP contribution in [0, 0.1) is 11.8 Å². The van der Waals surface area contributed by atoms with Crippen molar-refractivity contribution in [2.24, 2.45) is 22.2 Å². The Morgan fingerprint density at radius 2 is 1.77 bits per heavy atom. The minimum Gasteiger partial charge on any atom is -0.274 e. The highest BCUT2D eigenvalue weighted by atomic mass is 15.6. The van der Waals surface area contributed by atoms with E-state index in [9.17, 15) is 0 Å². The van der Waals surface area contributed by atoms with Gasteiger partial charge in [0.1, 0.15) is 0 Å². The van der Waals surface area contributed by atoms with Crippen LogP contribution in [0.3, 0.4) is 0 Å². The van der Waals surface area contributed by atoms with E-state index in [-0.39, 0.29) is 5.54 Å². The molecule has 3 heteroatoms. The third-order valence-corrected chi connectivity index (χ3v) is 3.41. The summed E-state index contributed by atoms with van der Waals surface area (Å²) in [7, 11) is 2.02. The van der Waals surface area contributed by atoms with Gasteiger partial charge in [-0.3, -0.25) is 5.01 Å². The maximum atomic E-state index is 4.34. The standard InChI is InChI=1S/C10H21N3/c1-7(2)9-10(5,8(3)4)13(6)12-11-9/h7-9H,1-6H3/t9?,10-/m0/s1. The van der Waals surface area contributed by atoms with Crippen LogP contribution >= 0.6 is 0 Å². The number of likely N-dealkylation sites (N-methyl/N-ethyl adjacent to an activating group) is 1. The molecule has 0 N–H and O–H groups in total. The van der Waals surface area contributed by atoms with Gasteiger partial charge in [0.2, 0.25) is 0 Å². The zero-order chi connectivity index (χ0) is 10.2. The summed E-state index contributed by atoms with van der Waals surface area (Å²) in [5.74, 6) is 1.13. The molecule has 1 aliphatic rings. The molecular formula is C10H21N3. The van der Waals surface area contributed by atoms with Crippen molar-refractivity contribution in [1.82, 2.24) is 5.01 Å². The van der Waals surface area contributed by atoms with E-state index in [0.29, 0.717) is 17.9 Å². The van der Waals surface area contributed by atoms with Gasteiger partial charge in [0.05, 0.1) is 11.6 Å². The van der Waals surface area contributed by atoms with Gasteiger partial charge in [-0.15, -0.1) is 0 Å². The highest BCUT2D eigenvalue weighted by Crippen LogP contribution is 2.37. The second kappa shape index (κ2) is 3.28.